The van der Waals surface area contributed by atoms with Crippen LogP contribution in [0.2, 0.25) is 0 Å². The lowest BCUT2D eigenvalue weighted by molar-refractivity contribution is -0.154. The van der Waals surface area contributed by atoms with E-state index in [2.05, 4.69) is 0 Å². The summed E-state index contributed by atoms with van der Waals surface area (Å²) in [6.07, 6.45) is 2.55. The van der Waals surface area contributed by atoms with Gasteiger partial charge in [0.05, 0.1) is 7.11 Å². The summed E-state index contributed by atoms with van der Waals surface area (Å²) in [7, 11) is 1.33. The van der Waals surface area contributed by atoms with E-state index in [1.165, 1.54) is 12.0 Å². The van der Waals surface area contributed by atoms with Crippen molar-refractivity contribution in [3.8, 4) is 0 Å². The number of ether oxygens (including phenoxy) is 2. The van der Waals surface area contributed by atoms with Gasteiger partial charge in [-0.3, -0.25) is 4.90 Å². The van der Waals surface area contributed by atoms with Gasteiger partial charge in [0.2, 0.25) is 0 Å². The smallest absolute Gasteiger partial charge is 0.408 e. The van der Waals surface area contributed by atoms with E-state index >= 15 is 0 Å². The Morgan fingerprint density at radius 2 is 2.11 bits per heavy atom. The molecule has 0 aromatic rings. The van der Waals surface area contributed by atoms with Crippen LogP contribution in [0.15, 0.2) is 0 Å². The molecule has 0 aromatic carbocycles. The molecule has 1 amide bonds. The van der Waals surface area contributed by atoms with Crippen LogP contribution in [-0.4, -0.2) is 54.5 Å². The topological polar surface area (TPSA) is 76.1 Å². The first-order chi connectivity index (χ1) is 9.10. The molecule has 1 unspecified atom stereocenters. The Hall–Kier alpha value is -1.30. The minimum Gasteiger partial charge on any atom is -0.467 e. The van der Waals surface area contributed by atoms with Crippen LogP contribution in [-0.2, 0) is 14.3 Å². The minimum atomic E-state index is -1.03. The van der Waals surface area contributed by atoms with Gasteiger partial charge in [-0.15, -0.1) is 0 Å². The second kappa shape index (κ2) is 5.77. The molecule has 2 rings (SSSR count). The van der Waals surface area contributed by atoms with E-state index in [9.17, 15) is 14.7 Å². The molecule has 108 valence electrons. The average Bonchev–Trinajstić information content (AvgIpc) is 2.84. The molecule has 2 fully saturated rings. The molecule has 19 heavy (non-hydrogen) atoms. The van der Waals surface area contributed by atoms with Crippen LogP contribution in [0.25, 0.3) is 0 Å². The van der Waals surface area contributed by atoms with Gasteiger partial charge >= 0.3 is 12.1 Å². The van der Waals surface area contributed by atoms with Gasteiger partial charge in [-0.05, 0) is 38.0 Å². The van der Waals surface area contributed by atoms with E-state index in [-0.39, 0.29) is 0 Å². The molecule has 2 aliphatic heterocycles. The lowest BCUT2D eigenvalue weighted by Gasteiger charge is -2.37. The number of carbonyl (C=O) groups is 2. The zero-order valence-electron chi connectivity index (χ0n) is 11.3. The number of esters is 1. The predicted octanol–water partition coefficient (Wildman–Crippen LogP) is 1.49. The number of likely N-dealkylation sites (tertiary alicyclic amines) is 1. The summed E-state index contributed by atoms with van der Waals surface area (Å²) in [4.78, 5) is 24.8. The van der Waals surface area contributed by atoms with E-state index < -0.39 is 17.6 Å². The monoisotopic (exact) mass is 271 g/mol. The molecule has 1 N–H and O–H groups in total. The summed E-state index contributed by atoms with van der Waals surface area (Å²) in [5.74, 6) is -0.0910. The fourth-order valence-electron chi connectivity index (χ4n) is 3.28. The van der Waals surface area contributed by atoms with E-state index in [0.29, 0.717) is 44.9 Å². The molecule has 6 nitrogen and oxygen atoms in total. The molecule has 0 aliphatic carbocycles. The first kappa shape index (κ1) is 14.1. The van der Waals surface area contributed by atoms with E-state index in [4.69, 9.17) is 9.47 Å². The number of hydrogen-bond acceptors (Lipinski definition) is 4. The maximum Gasteiger partial charge on any atom is 0.408 e. The van der Waals surface area contributed by atoms with Crippen molar-refractivity contribution in [2.75, 3.05) is 26.9 Å². The number of nitrogens with zero attached hydrogens (tertiary/aromatic N) is 1. The van der Waals surface area contributed by atoms with Gasteiger partial charge in [0.15, 0.2) is 0 Å². The van der Waals surface area contributed by atoms with Gasteiger partial charge in [0.1, 0.15) is 5.54 Å². The number of methoxy groups -OCH3 is 1. The van der Waals surface area contributed by atoms with Gasteiger partial charge in [-0.2, -0.15) is 0 Å². The number of carboxylic acid groups (broad SMARTS) is 1. The third-order valence-corrected chi connectivity index (χ3v) is 4.25. The van der Waals surface area contributed by atoms with E-state index in [0.717, 1.165) is 12.8 Å². The standard InChI is InChI=1S/C13H21NO5/c1-18-11(15)13(5-2-6-14(13)12(16)17)9-10-3-7-19-8-4-10/h10H,2-9H2,1H3,(H,16,17). The normalized spacial score (nSPS) is 28.4. The number of amides is 1. The summed E-state index contributed by atoms with van der Waals surface area (Å²) in [5.41, 5.74) is -0.984. The molecule has 0 aromatic heterocycles. The van der Waals surface area contributed by atoms with Crippen molar-refractivity contribution < 1.29 is 24.2 Å². The van der Waals surface area contributed by atoms with Crippen LogP contribution >= 0.6 is 0 Å². The Labute approximate surface area is 112 Å². The molecule has 0 radical (unpaired) electrons. The summed E-state index contributed by atoms with van der Waals surface area (Å²) >= 11 is 0. The van der Waals surface area contributed by atoms with Crippen LogP contribution in [0.5, 0.6) is 0 Å². The van der Waals surface area contributed by atoms with Gasteiger partial charge in [-0.1, -0.05) is 0 Å². The van der Waals surface area contributed by atoms with Gasteiger partial charge in [-0.25, -0.2) is 9.59 Å². The largest absolute Gasteiger partial charge is 0.467 e. The molecule has 1 atom stereocenters. The highest BCUT2D eigenvalue weighted by Gasteiger charge is 2.51. The maximum atomic E-state index is 12.2. The number of carbonyl (C=O) groups excluding carboxylic acids is 1. The first-order valence-corrected chi connectivity index (χ1v) is 6.77. The third-order valence-electron chi connectivity index (χ3n) is 4.25. The summed E-state index contributed by atoms with van der Waals surface area (Å²) in [5, 5.41) is 9.32. The van der Waals surface area contributed by atoms with Crippen molar-refractivity contribution in [3.05, 3.63) is 0 Å². The van der Waals surface area contributed by atoms with Crippen LogP contribution in [0.3, 0.4) is 0 Å². The zero-order chi connectivity index (χ0) is 13.9. The van der Waals surface area contributed by atoms with Gasteiger partial charge in [0, 0.05) is 19.8 Å². The van der Waals surface area contributed by atoms with E-state index in [1.54, 1.807) is 0 Å². The van der Waals surface area contributed by atoms with Crippen molar-refractivity contribution >= 4 is 12.1 Å². The molecular weight excluding hydrogens is 250 g/mol. The van der Waals surface area contributed by atoms with Crippen molar-refractivity contribution in [2.45, 2.75) is 37.6 Å². The predicted molar refractivity (Wildman–Crippen MR) is 66.9 cm³/mol. The maximum absolute atomic E-state index is 12.2. The van der Waals surface area contributed by atoms with Crippen molar-refractivity contribution in [3.63, 3.8) is 0 Å². The average molecular weight is 271 g/mol. The fraction of sp³-hybridized carbons (Fsp3) is 0.846. The lowest BCUT2D eigenvalue weighted by Crippen LogP contribution is -2.54. The minimum absolute atomic E-state index is 0.327. The molecule has 0 saturated carbocycles. The lowest BCUT2D eigenvalue weighted by atomic mass is 9.81. The third kappa shape index (κ3) is 2.68. The molecular formula is C13H21NO5. The van der Waals surface area contributed by atoms with Crippen LogP contribution in [0.4, 0.5) is 4.79 Å². The SMILES string of the molecule is COC(=O)C1(CC2CCOCC2)CCCN1C(=O)O. The molecule has 2 aliphatic rings. The Morgan fingerprint density at radius 3 is 2.68 bits per heavy atom. The Balaban J connectivity index is 2.18. The highest BCUT2D eigenvalue weighted by atomic mass is 16.5. The Bertz CT molecular complexity index is 353. The van der Waals surface area contributed by atoms with Gasteiger partial charge < -0.3 is 14.6 Å². The summed E-state index contributed by atoms with van der Waals surface area (Å²) < 4.78 is 10.2. The summed E-state index contributed by atoms with van der Waals surface area (Å²) in [6.45, 7) is 1.79. The van der Waals surface area contributed by atoms with Crippen LogP contribution in [0.1, 0.15) is 32.1 Å². The summed E-state index contributed by atoms with van der Waals surface area (Å²) in [6, 6.07) is 0. The Morgan fingerprint density at radius 1 is 1.42 bits per heavy atom. The van der Waals surface area contributed by atoms with Crippen molar-refractivity contribution in [1.82, 2.24) is 4.90 Å². The highest BCUT2D eigenvalue weighted by Crippen LogP contribution is 2.38. The Kier molecular flexibility index (Phi) is 4.29. The second-order valence-electron chi connectivity index (χ2n) is 5.32. The molecule has 2 saturated heterocycles. The van der Waals surface area contributed by atoms with E-state index in [1.807, 2.05) is 0 Å². The number of rotatable bonds is 3. The number of hydrogen-bond donors (Lipinski definition) is 1. The zero-order valence-corrected chi connectivity index (χ0v) is 11.3. The van der Waals surface area contributed by atoms with Gasteiger partial charge in [0.25, 0.3) is 0 Å². The molecule has 6 heteroatoms. The molecule has 2 heterocycles. The highest BCUT2D eigenvalue weighted by molar-refractivity contribution is 5.86. The second-order valence-corrected chi connectivity index (χ2v) is 5.32. The van der Waals surface area contributed by atoms with Crippen molar-refractivity contribution in [2.24, 2.45) is 5.92 Å². The van der Waals surface area contributed by atoms with Crippen LogP contribution in [0, 0.1) is 5.92 Å². The quantitative estimate of drug-likeness (QED) is 0.787. The molecule has 0 spiro atoms. The first-order valence-electron chi connectivity index (χ1n) is 6.77. The van der Waals surface area contributed by atoms with Crippen molar-refractivity contribution in [1.29, 1.82) is 0 Å². The van der Waals surface area contributed by atoms with Crippen LogP contribution < -0.4 is 0 Å². The fourth-order valence-corrected chi connectivity index (χ4v) is 3.28. The molecule has 0 bridgehead atoms.